The smallest absolute Gasteiger partial charge is 0.262 e. The molecule has 2 N–H and O–H groups in total. The topological polar surface area (TPSA) is 84.6 Å². The lowest BCUT2D eigenvalue weighted by Gasteiger charge is -2.09. The molecule has 3 aromatic carbocycles. The number of benzene rings is 3. The van der Waals surface area contributed by atoms with E-state index in [1.54, 1.807) is 18.2 Å². The number of hydrogen-bond acceptors (Lipinski definition) is 5. The highest BCUT2D eigenvalue weighted by molar-refractivity contribution is 5.93. The average molecular weight is 402 g/mol. The van der Waals surface area contributed by atoms with Gasteiger partial charge in [0.1, 0.15) is 17.0 Å². The van der Waals surface area contributed by atoms with Crippen molar-refractivity contribution in [2.75, 3.05) is 11.9 Å². The zero-order chi connectivity index (χ0) is 21.1. The number of carbonyl (C=O) groups is 1. The van der Waals surface area contributed by atoms with Gasteiger partial charge in [-0.3, -0.25) is 4.79 Å². The molecule has 0 fully saturated rings. The van der Waals surface area contributed by atoms with Gasteiger partial charge in [-0.25, -0.2) is 4.98 Å². The fourth-order valence-corrected chi connectivity index (χ4v) is 3.14. The summed E-state index contributed by atoms with van der Waals surface area (Å²) in [5.41, 5.74) is 4.49. The second-order valence-corrected chi connectivity index (χ2v) is 7.06. The largest absolute Gasteiger partial charge is 0.507 e. The normalized spacial score (nSPS) is 10.9. The summed E-state index contributed by atoms with van der Waals surface area (Å²) in [6, 6.07) is 18.1. The van der Waals surface area contributed by atoms with Crippen LogP contribution < -0.4 is 10.1 Å². The van der Waals surface area contributed by atoms with Crippen LogP contribution in [0.1, 0.15) is 18.1 Å². The Morgan fingerprint density at radius 2 is 2.00 bits per heavy atom. The Labute approximate surface area is 174 Å². The van der Waals surface area contributed by atoms with E-state index < -0.39 is 0 Å². The SMILES string of the molecule is CCc1ccc2oc(-c3cc(NC(=O)COc4cccc(C)c4)ccc3O)nc2c1. The van der Waals surface area contributed by atoms with Crippen molar-refractivity contribution in [1.29, 1.82) is 0 Å². The molecule has 1 heterocycles. The first kappa shape index (κ1) is 19.5. The molecule has 0 saturated heterocycles. The van der Waals surface area contributed by atoms with Crippen molar-refractivity contribution in [3.63, 3.8) is 0 Å². The molecule has 6 nitrogen and oxygen atoms in total. The third-order valence-corrected chi connectivity index (χ3v) is 4.73. The number of aryl methyl sites for hydroxylation is 2. The van der Waals surface area contributed by atoms with Crippen molar-refractivity contribution in [2.45, 2.75) is 20.3 Å². The van der Waals surface area contributed by atoms with Gasteiger partial charge in [0.25, 0.3) is 5.91 Å². The first-order valence-electron chi connectivity index (χ1n) is 9.74. The van der Waals surface area contributed by atoms with Gasteiger partial charge >= 0.3 is 0 Å². The number of aromatic nitrogens is 1. The Kier molecular flexibility index (Phi) is 5.39. The molecule has 6 heteroatoms. The van der Waals surface area contributed by atoms with Crippen LogP contribution in [0, 0.1) is 6.92 Å². The van der Waals surface area contributed by atoms with Gasteiger partial charge in [-0.05, 0) is 66.9 Å². The van der Waals surface area contributed by atoms with Gasteiger partial charge in [-0.15, -0.1) is 0 Å². The van der Waals surface area contributed by atoms with Gasteiger partial charge in [-0.2, -0.15) is 0 Å². The first-order chi connectivity index (χ1) is 14.5. The monoisotopic (exact) mass is 402 g/mol. The summed E-state index contributed by atoms with van der Waals surface area (Å²) in [5.74, 6) is 0.641. The molecule has 1 amide bonds. The van der Waals surface area contributed by atoms with E-state index >= 15 is 0 Å². The fraction of sp³-hybridized carbons (Fsp3) is 0.167. The van der Waals surface area contributed by atoms with Crippen molar-refractivity contribution in [3.05, 3.63) is 71.8 Å². The summed E-state index contributed by atoms with van der Waals surface area (Å²) in [5, 5.41) is 13.1. The van der Waals surface area contributed by atoms with E-state index in [1.807, 2.05) is 43.3 Å². The van der Waals surface area contributed by atoms with E-state index in [4.69, 9.17) is 9.15 Å². The molecule has 0 saturated carbocycles. The van der Waals surface area contributed by atoms with Gasteiger partial charge < -0.3 is 19.6 Å². The van der Waals surface area contributed by atoms with E-state index in [0.29, 0.717) is 28.5 Å². The van der Waals surface area contributed by atoms with Crippen LogP contribution in [-0.4, -0.2) is 22.6 Å². The van der Waals surface area contributed by atoms with Crippen LogP contribution in [0.25, 0.3) is 22.6 Å². The number of nitrogens with one attached hydrogen (secondary N) is 1. The zero-order valence-electron chi connectivity index (χ0n) is 16.8. The Balaban J connectivity index is 1.51. The molecule has 152 valence electrons. The van der Waals surface area contributed by atoms with Gasteiger partial charge in [0, 0.05) is 5.69 Å². The zero-order valence-corrected chi connectivity index (χ0v) is 16.8. The minimum absolute atomic E-state index is 0.0197. The van der Waals surface area contributed by atoms with Gasteiger partial charge in [-0.1, -0.05) is 25.1 Å². The molecule has 4 rings (SSSR count). The highest BCUT2D eigenvalue weighted by atomic mass is 16.5. The Morgan fingerprint density at radius 1 is 1.13 bits per heavy atom. The number of rotatable bonds is 6. The molecule has 0 aliphatic heterocycles. The minimum atomic E-state index is -0.307. The van der Waals surface area contributed by atoms with Crippen LogP contribution >= 0.6 is 0 Å². The summed E-state index contributed by atoms with van der Waals surface area (Å²) in [7, 11) is 0. The van der Waals surface area contributed by atoms with Crippen molar-refractivity contribution in [1.82, 2.24) is 4.98 Å². The second kappa shape index (κ2) is 8.29. The highest BCUT2D eigenvalue weighted by Crippen LogP contribution is 2.33. The third kappa shape index (κ3) is 4.27. The first-order valence-corrected chi connectivity index (χ1v) is 9.74. The Hall–Kier alpha value is -3.80. The van der Waals surface area contributed by atoms with Crippen LogP contribution in [0.5, 0.6) is 11.5 Å². The van der Waals surface area contributed by atoms with Crippen molar-refractivity contribution >= 4 is 22.7 Å². The maximum absolute atomic E-state index is 12.3. The fourth-order valence-electron chi connectivity index (χ4n) is 3.14. The lowest BCUT2D eigenvalue weighted by atomic mass is 10.1. The number of ether oxygens (including phenoxy) is 1. The van der Waals surface area contributed by atoms with Crippen molar-refractivity contribution in [3.8, 4) is 23.0 Å². The van der Waals surface area contributed by atoms with E-state index in [1.165, 1.54) is 6.07 Å². The number of aromatic hydroxyl groups is 1. The molecule has 0 spiro atoms. The van der Waals surface area contributed by atoms with Gasteiger partial charge in [0.05, 0.1) is 5.56 Å². The summed E-state index contributed by atoms with van der Waals surface area (Å²) in [6.07, 6.45) is 0.898. The van der Waals surface area contributed by atoms with Crippen LogP contribution in [0.15, 0.2) is 65.1 Å². The predicted octanol–water partition coefficient (Wildman–Crippen LogP) is 5.09. The maximum atomic E-state index is 12.3. The number of nitrogens with zero attached hydrogens (tertiary/aromatic N) is 1. The maximum Gasteiger partial charge on any atom is 0.262 e. The second-order valence-electron chi connectivity index (χ2n) is 7.06. The number of oxazole rings is 1. The minimum Gasteiger partial charge on any atom is -0.507 e. The van der Waals surface area contributed by atoms with E-state index in [2.05, 4.69) is 17.2 Å². The van der Waals surface area contributed by atoms with Crippen molar-refractivity contribution in [2.24, 2.45) is 0 Å². The Morgan fingerprint density at radius 3 is 2.80 bits per heavy atom. The number of hydrogen-bond donors (Lipinski definition) is 2. The van der Waals surface area contributed by atoms with E-state index in [-0.39, 0.29) is 18.3 Å². The summed E-state index contributed by atoms with van der Waals surface area (Å²) in [6.45, 7) is 3.91. The number of phenols is 1. The summed E-state index contributed by atoms with van der Waals surface area (Å²) < 4.78 is 11.3. The van der Waals surface area contributed by atoms with Crippen molar-refractivity contribution < 1.29 is 19.1 Å². The lowest BCUT2D eigenvalue weighted by Crippen LogP contribution is -2.20. The molecular weight excluding hydrogens is 380 g/mol. The van der Waals surface area contributed by atoms with Crippen LogP contribution in [0.2, 0.25) is 0 Å². The highest BCUT2D eigenvalue weighted by Gasteiger charge is 2.14. The molecule has 1 aromatic heterocycles. The molecule has 0 radical (unpaired) electrons. The number of amides is 1. The van der Waals surface area contributed by atoms with Crippen LogP contribution in [-0.2, 0) is 11.2 Å². The van der Waals surface area contributed by atoms with Crippen LogP contribution in [0.4, 0.5) is 5.69 Å². The molecule has 0 bridgehead atoms. The number of fused-ring (bicyclic) bond motifs is 1. The van der Waals surface area contributed by atoms with E-state index in [0.717, 1.165) is 23.1 Å². The number of carbonyl (C=O) groups excluding carboxylic acids is 1. The lowest BCUT2D eigenvalue weighted by molar-refractivity contribution is -0.118. The predicted molar refractivity (Wildman–Crippen MR) is 116 cm³/mol. The standard InChI is InChI=1S/C24H22N2O4/c1-3-16-7-10-22-20(12-16)26-24(30-22)19-13-17(8-9-21(19)27)25-23(28)14-29-18-6-4-5-15(2)11-18/h4-13,27H,3,14H2,1-2H3,(H,25,28). The van der Waals surface area contributed by atoms with Gasteiger partial charge in [0.2, 0.25) is 5.89 Å². The quantitative estimate of drug-likeness (QED) is 0.439. The number of phenolic OH excluding ortho intramolecular Hbond substituents is 1. The molecule has 0 atom stereocenters. The summed E-state index contributed by atoms with van der Waals surface area (Å²) >= 11 is 0. The molecular formula is C24H22N2O4. The molecule has 30 heavy (non-hydrogen) atoms. The molecule has 0 unspecified atom stereocenters. The van der Waals surface area contributed by atoms with Crippen LogP contribution in [0.3, 0.4) is 0 Å². The number of anilines is 1. The molecule has 4 aromatic rings. The average Bonchev–Trinajstić information content (AvgIpc) is 3.16. The Bertz CT molecular complexity index is 1210. The summed E-state index contributed by atoms with van der Waals surface area (Å²) in [4.78, 5) is 16.8. The van der Waals surface area contributed by atoms with Gasteiger partial charge in [0.15, 0.2) is 12.2 Å². The van der Waals surface area contributed by atoms with E-state index in [9.17, 15) is 9.90 Å². The molecule has 0 aliphatic rings. The molecule has 0 aliphatic carbocycles. The third-order valence-electron chi connectivity index (χ3n) is 4.73.